The van der Waals surface area contributed by atoms with Gasteiger partial charge < -0.3 is 0 Å². The van der Waals surface area contributed by atoms with Crippen molar-refractivity contribution in [2.24, 2.45) is 5.92 Å². The smallest absolute Gasteiger partial charge is 0 e. The van der Waals surface area contributed by atoms with Crippen molar-refractivity contribution >= 4 is 35.1 Å². The van der Waals surface area contributed by atoms with Gasteiger partial charge in [0.2, 0.25) is 0 Å². The Hall–Kier alpha value is 1.16. The number of hydrogen-bond donors (Lipinski definition) is 0. The van der Waals surface area contributed by atoms with Crippen molar-refractivity contribution in [2.45, 2.75) is 20.8 Å². The van der Waals surface area contributed by atoms with Gasteiger partial charge in [-0.05, 0) is 10.2 Å². The third kappa shape index (κ3) is 3.91. The second-order valence-corrected chi connectivity index (χ2v) is 3.80. The summed E-state index contributed by atoms with van der Waals surface area (Å²) in [5, 5.41) is 1.47. The molecule has 1 aliphatic carbocycles. The van der Waals surface area contributed by atoms with E-state index in [0.717, 1.165) is 10.2 Å². The minimum atomic E-state index is 0. The van der Waals surface area contributed by atoms with Crippen molar-refractivity contribution in [1.82, 2.24) is 0 Å². The van der Waals surface area contributed by atoms with Crippen LogP contribution in [0.2, 0.25) is 0 Å². The summed E-state index contributed by atoms with van der Waals surface area (Å²) in [6.45, 7) is 6.62. The van der Waals surface area contributed by atoms with E-state index < -0.39 is 0 Å². The van der Waals surface area contributed by atoms with Crippen molar-refractivity contribution in [3.05, 3.63) is 22.4 Å². The van der Waals surface area contributed by atoms with E-state index in [1.807, 2.05) is 0 Å². The number of halogens is 2. The van der Waals surface area contributed by atoms with Gasteiger partial charge in [0.05, 0.1) is 0 Å². The Morgan fingerprint density at radius 3 is 1.75 bits per heavy atom. The quantitative estimate of drug-likeness (QED) is 0.473. The summed E-state index contributed by atoms with van der Waals surface area (Å²) in [5.74, 6) is 0.595. The van der Waals surface area contributed by atoms with Crippen LogP contribution in [0.3, 0.4) is 0 Å². The summed E-state index contributed by atoms with van der Waals surface area (Å²) in [6.07, 6.45) is 3.42. The molecule has 0 N–H and O–H groups in total. The summed E-state index contributed by atoms with van der Waals surface area (Å²) < 4.78 is 0. The third-order valence-electron chi connectivity index (χ3n) is 2.24. The molecule has 1 unspecified atom stereocenters. The van der Waals surface area contributed by atoms with Gasteiger partial charge in [-0.25, -0.2) is 10.8 Å². The fraction of sp³-hybridized carbons (Fsp3) is 0.500. The van der Waals surface area contributed by atoms with Crippen molar-refractivity contribution in [1.29, 1.82) is 0 Å². The Kier molecular flexibility index (Phi) is 11.9. The molecule has 0 aromatic rings. The predicted molar refractivity (Wildman–Crippen MR) is 58.7 cm³/mol. The van der Waals surface area contributed by atoms with E-state index in [1.165, 1.54) is 16.3 Å². The van der Waals surface area contributed by atoms with E-state index in [4.69, 9.17) is 0 Å². The minimum Gasteiger partial charge on any atom is -0.271 e. The average Bonchev–Trinajstić information content (AvgIpc) is 1.98. The number of allylic oxidation sites excluding steroid dienone is 4. The van der Waals surface area contributed by atoms with E-state index >= 15 is 0 Å². The first-order valence-electron chi connectivity index (χ1n) is 3.40. The van der Waals surface area contributed by atoms with Gasteiger partial charge in [0.1, 0.15) is 0 Å². The van der Waals surface area contributed by atoms with Crippen molar-refractivity contribution in [3.63, 3.8) is 0 Å². The van der Waals surface area contributed by atoms with Crippen LogP contribution in [0.15, 0.2) is 16.3 Å². The van der Waals surface area contributed by atoms with Gasteiger partial charge >= 0.3 is 0 Å². The molecular weight excluding hydrogens is 286 g/mol. The first-order valence-corrected chi connectivity index (χ1v) is 4.40. The zero-order valence-electron chi connectivity index (χ0n) is 7.89. The van der Waals surface area contributed by atoms with Crippen LogP contribution >= 0.6 is 24.8 Å². The second kappa shape index (κ2) is 7.55. The first-order chi connectivity index (χ1) is 4.13. The van der Waals surface area contributed by atoms with Gasteiger partial charge in [0, 0.05) is 26.2 Å². The Morgan fingerprint density at radius 2 is 1.67 bits per heavy atom. The van der Waals surface area contributed by atoms with E-state index in [9.17, 15) is 0 Å². The van der Waals surface area contributed by atoms with Crippen LogP contribution in [0.25, 0.3) is 0 Å². The fourth-order valence-corrected chi connectivity index (χ4v) is 1.99. The molecular formula is C8H15Cl2SiZr-. The molecule has 1 rings (SSSR count). The van der Waals surface area contributed by atoms with Crippen LogP contribution in [-0.4, -0.2) is 10.2 Å². The summed E-state index contributed by atoms with van der Waals surface area (Å²) in [7, 11) is 1.16. The maximum atomic E-state index is 3.42. The van der Waals surface area contributed by atoms with E-state index in [-0.39, 0.29) is 51.0 Å². The molecule has 0 heterocycles. The first kappa shape index (κ1) is 18.9. The SMILES string of the molecule is CC1=C(C)C(C)[C-]=C1[SiH3].Cl.Cl.[Zr]. The molecule has 0 aromatic heterocycles. The van der Waals surface area contributed by atoms with Crippen LogP contribution < -0.4 is 0 Å². The van der Waals surface area contributed by atoms with Gasteiger partial charge in [-0.3, -0.25) is 6.08 Å². The molecule has 0 aromatic carbocycles. The molecule has 4 heteroatoms. The van der Waals surface area contributed by atoms with Crippen LogP contribution in [0, 0.1) is 12.0 Å². The van der Waals surface area contributed by atoms with Gasteiger partial charge in [-0.15, -0.1) is 31.7 Å². The number of hydrogen-bond acceptors (Lipinski definition) is 0. The van der Waals surface area contributed by atoms with Gasteiger partial charge in [-0.1, -0.05) is 19.8 Å². The van der Waals surface area contributed by atoms with E-state index in [1.54, 1.807) is 0 Å². The van der Waals surface area contributed by atoms with Crippen LogP contribution in [-0.2, 0) is 26.2 Å². The molecule has 0 saturated carbocycles. The molecule has 12 heavy (non-hydrogen) atoms. The zero-order chi connectivity index (χ0) is 7.02. The van der Waals surface area contributed by atoms with Gasteiger partial charge in [-0.2, -0.15) is 5.57 Å². The van der Waals surface area contributed by atoms with Gasteiger partial charge in [0.25, 0.3) is 0 Å². The second-order valence-electron chi connectivity index (χ2n) is 2.80. The van der Waals surface area contributed by atoms with Gasteiger partial charge in [0.15, 0.2) is 0 Å². The largest absolute Gasteiger partial charge is 0.271 e. The Balaban J connectivity index is -0.000000270. The summed E-state index contributed by atoms with van der Waals surface area (Å²) in [4.78, 5) is 0. The van der Waals surface area contributed by atoms with E-state index in [0.29, 0.717) is 5.92 Å². The molecule has 0 fully saturated rings. The summed E-state index contributed by atoms with van der Waals surface area (Å²) in [5.41, 5.74) is 3.01. The topological polar surface area (TPSA) is 0 Å². The Morgan fingerprint density at radius 1 is 1.25 bits per heavy atom. The molecule has 1 aliphatic rings. The normalized spacial score (nSPS) is 20.6. The van der Waals surface area contributed by atoms with Crippen LogP contribution in [0.1, 0.15) is 20.8 Å². The molecule has 0 spiro atoms. The van der Waals surface area contributed by atoms with Crippen LogP contribution in [0.4, 0.5) is 0 Å². The third-order valence-corrected chi connectivity index (χ3v) is 3.28. The van der Waals surface area contributed by atoms with Crippen molar-refractivity contribution in [2.75, 3.05) is 0 Å². The molecule has 70 valence electrons. The monoisotopic (exact) mass is 299 g/mol. The van der Waals surface area contributed by atoms with Crippen molar-refractivity contribution in [3.8, 4) is 0 Å². The van der Waals surface area contributed by atoms with E-state index in [2.05, 4.69) is 26.8 Å². The average molecular weight is 301 g/mol. The molecule has 0 saturated heterocycles. The molecule has 0 bridgehead atoms. The maximum absolute atomic E-state index is 3.42. The maximum Gasteiger partial charge on any atom is 0 e. The Bertz CT molecular complexity index is 199. The minimum absolute atomic E-state index is 0. The molecule has 0 radical (unpaired) electrons. The number of rotatable bonds is 0. The fourth-order valence-electron chi connectivity index (χ4n) is 1.16. The molecule has 1 atom stereocenters. The summed E-state index contributed by atoms with van der Waals surface area (Å²) in [6, 6.07) is 0. The standard InChI is InChI=1S/C8H13Si.2ClH.Zr/c1-5-4-8(9)7(3)6(5)2;;;/h5H,1-3,9H3;2*1H;/q-1;;;. The molecule has 0 aliphatic heterocycles. The molecule has 0 amide bonds. The zero-order valence-corrected chi connectivity index (χ0v) is 14.0. The summed E-state index contributed by atoms with van der Waals surface area (Å²) >= 11 is 0. The molecule has 0 nitrogen and oxygen atoms in total. The van der Waals surface area contributed by atoms with Crippen LogP contribution in [0.5, 0.6) is 0 Å². The van der Waals surface area contributed by atoms with Crippen molar-refractivity contribution < 1.29 is 26.2 Å². The predicted octanol–water partition coefficient (Wildman–Crippen LogP) is 1.87. The Labute approximate surface area is 110 Å².